The fourth-order valence-electron chi connectivity index (χ4n) is 5.30. The lowest BCUT2D eigenvalue weighted by atomic mass is 9.76. The molecule has 40 heavy (non-hydrogen) atoms. The van der Waals surface area contributed by atoms with Gasteiger partial charge in [-0.25, -0.2) is 0 Å². The van der Waals surface area contributed by atoms with Crippen LogP contribution in [0.25, 0.3) is 0 Å². The number of Topliss-reactive ketones (excluding diaryl/α,β-unsaturated/α-hetero) is 1. The maximum absolute atomic E-state index is 13.0. The third-order valence-corrected chi connectivity index (χ3v) is 12.0. The third kappa shape index (κ3) is 7.28. The molecule has 2 atom stereocenters. The summed E-state index contributed by atoms with van der Waals surface area (Å²) < 4.78 is 10.9. The molecule has 4 aromatic rings. The van der Waals surface area contributed by atoms with Crippen molar-refractivity contribution in [1.29, 1.82) is 0 Å². The van der Waals surface area contributed by atoms with E-state index in [1.165, 1.54) is 14.7 Å². The van der Waals surface area contributed by atoms with E-state index in [-0.39, 0.29) is 15.2 Å². The molecular formula is C34H34O3S3. The Bertz CT molecular complexity index is 1260. The summed E-state index contributed by atoms with van der Waals surface area (Å²) in [5.41, 5.74) is 1.13. The normalized spacial score (nSPS) is 17.4. The minimum absolute atomic E-state index is 0.168. The van der Waals surface area contributed by atoms with Crippen LogP contribution in [-0.4, -0.2) is 23.4 Å². The van der Waals surface area contributed by atoms with Crippen LogP contribution in [0, 0.1) is 11.8 Å². The molecule has 0 bridgehead atoms. The van der Waals surface area contributed by atoms with Gasteiger partial charge in [-0.1, -0.05) is 89.9 Å². The summed E-state index contributed by atoms with van der Waals surface area (Å²) in [6.07, 6.45) is 2.83. The van der Waals surface area contributed by atoms with Gasteiger partial charge in [0.15, 0.2) is 0 Å². The van der Waals surface area contributed by atoms with Crippen molar-refractivity contribution in [1.82, 2.24) is 0 Å². The Labute approximate surface area is 250 Å². The molecule has 3 nitrogen and oxygen atoms in total. The van der Waals surface area contributed by atoms with Gasteiger partial charge in [0.1, 0.15) is 20.7 Å². The Morgan fingerprint density at radius 1 is 0.700 bits per heavy atom. The first-order chi connectivity index (χ1) is 19.6. The predicted octanol–water partition coefficient (Wildman–Crippen LogP) is 9.26. The fraction of sp³-hybridized carbons (Fsp3) is 0.265. The van der Waals surface area contributed by atoms with E-state index in [2.05, 4.69) is 103 Å². The summed E-state index contributed by atoms with van der Waals surface area (Å²) in [6.45, 7) is 0. The van der Waals surface area contributed by atoms with E-state index >= 15 is 0 Å². The van der Waals surface area contributed by atoms with Gasteiger partial charge >= 0.3 is 0 Å². The summed E-state index contributed by atoms with van der Waals surface area (Å²) >= 11 is 5.79. The minimum atomic E-state index is -0.307. The number of hydrogen-bond acceptors (Lipinski definition) is 6. The van der Waals surface area contributed by atoms with Crippen LogP contribution in [0.3, 0.4) is 0 Å². The summed E-state index contributed by atoms with van der Waals surface area (Å²) in [7, 11) is 3.36. The number of carbonyl (C=O) groups excluding carboxylic acids is 1. The monoisotopic (exact) mass is 586 g/mol. The summed E-state index contributed by atoms with van der Waals surface area (Å²) in [6, 6.07) is 38.1. The second kappa shape index (κ2) is 13.7. The summed E-state index contributed by atoms with van der Waals surface area (Å²) in [5.74, 6) is 2.32. The second-order valence-electron chi connectivity index (χ2n) is 9.92. The number of ketones is 1. The molecule has 4 aromatic carbocycles. The Morgan fingerprint density at radius 2 is 1.15 bits per heavy atom. The zero-order chi connectivity index (χ0) is 27.8. The lowest BCUT2D eigenvalue weighted by Gasteiger charge is -2.45. The molecule has 0 amide bonds. The van der Waals surface area contributed by atoms with Crippen LogP contribution in [0.5, 0.6) is 11.5 Å². The Morgan fingerprint density at radius 3 is 1.57 bits per heavy atom. The highest BCUT2D eigenvalue weighted by molar-refractivity contribution is 8.33. The van der Waals surface area contributed by atoms with Crippen molar-refractivity contribution >= 4 is 41.1 Å². The molecule has 1 fully saturated rings. The number of thioether (sulfide) groups is 3. The van der Waals surface area contributed by atoms with Crippen molar-refractivity contribution in [3.8, 4) is 11.5 Å². The van der Waals surface area contributed by atoms with Crippen LogP contribution in [-0.2, 0) is 11.2 Å². The first-order valence-electron chi connectivity index (χ1n) is 13.5. The molecule has 0 N–H and O–H groups in total. The van der Waals surface area contributed by atoms with Gasteiger partial charge in [0, 0.05) is 33.6 Å². The minimum Gasteiger partial charge on any atom is -0.497 e. The van der Waals surface area contributed by atoms with E-state index in [4.69, 9.17) is 9.47 Å². The summed E-state index contributed by atoms with van der Waals surface area (Å²) in [5, 5.41) is 0. The average Bonchev–Trinajstić information content (AvgIpc) is 2.98. The number of rotatable bonds is 11. The van der Waals surface area contributed by atoms with Crippen LogP contribution in [0.15, 0.2) is 124 Å². The van der Waals surface area contributed by atoms with Crippen molar-refractivity contribution in [2.75, 3.05) is 14.2 Å². The van der Waals surface area contributed by atoms with Gasteiger partial charge in [-0.3, -0.25) is 4.79 Å². The molecule has 0 aromatic heterocycles. The van der Waals surface area contributed by atoms with Gasteiger partial charge < -0.3 is 9.47 Å². The smallest absolute Gasteiger partial charge is 0.133 e. The Balaban J connectivity index is 1.61. The van der Waals surface area contributed by atoms with Crippen molar-refractivity contribution in [3.05, 3.63) is 115 Å². The lowest BCUT2D eigenvalue weighted by Crippen LogP contribution is -2.39. The predicted molar refractivity (Wildman–Crippen MR) is 169 cm³/mol. The molecule has 0 unspecified atom stereocenters. The van der Waals surface area contributed by atoms with Crippen LogP contribution >= 0.6 is 35.3 Å². The average molecular weight is 587 g/mol. The molecule has 0 aliphatic heterocycles. The van der Waals surface area contributed by atoms with Crippen molar-refractivity contribution < 1.29 is 14.3 Å². The lowest BCUT2D eigenvalue weighted by molar-refractivity contribution is -0.122. The van der Waals surface area contributed by atoms with Crippen LogP contribution in [0.4, 0.5) is 0 Å². The molecular weight excluding hydrogens is 553 g/mol. The van der Waals surface area contributed by atoms with E-state index in [0.717, 1.165) is 29.9 Å². The molecule has 0 radical (unpaired) electrons. The summed E-state index contributed by atoms with van der Waals surface area (Å²) in [4.78, 5) is 16.7. The molecule has 0 heterocycles. The van der Waals surface area contributed by atoms with Gasteiger partial charge in [-0.15, -0.1) is 0 Å². The zero-order valence-electron chi connectivity index (χ0n) is 22.8. The Kier molecular flexibility index (Phi) is 9.84. The number of ether oxygens (including phenoxy) is 2. The van der Waals surface area contributed by atoms with Crippen molar-refractivity contribution in [2.45, 2.75) is 43.8 Å². The third-order valence-electron chi connectivity index (χ3n) is 7.17. The van der Waals surface area contributed by atoms with Crippen LogP contribution < -0.4 is 9.47 Å². The first-order valence-corrected chi connectivity index (χ1v) is 16.0. The highest BCUT2D eigenvalue weighted by atomic mass is 32.3. The van der Waals surface area contributed by atoms with Gasteiger partial charge in [0.25, 0.3) is 0 Å². The molecule has 1 aliphatic rings. The molecule has 6 heteroatoms. The van der Waals surface area contributed by atoms with E-state index in [9.17, 15) is 4.79 Å². The molecule has 1 saturated carbocycles. The standard InChI is InChI=1S/C34H34O3S3/c1-36-28-21-25(22-29(24-28)37-2)20-26-23-27(35)18-19-33(26)34(38-30-12-6-3-7-13-30,39-31-14-8-4-9-15-31)40-32-16-10-5-11-17-32/h3-17,21-22,24,26,33H,18-20,23H2,1-2H3/t26-,33-/m0/s1. The maximum Gasteiger partial charge on any atom is 0.133 e. The number of hydrogen-bond donors (Lipinski definition) is 0. The molecule has 5 rings (SSSR count). The van der Waals surface area contributed by atoms with Gasteiger partial charge in [-0.05, 0) is 78.8 Å². The topological polar surface area (TPSA) is 35.5 Å². The SMILES string of the molecule is COc1cc(C[C@H]2CC(=O)CC[C@@H]2C(Sc2ccccc2)(Sc2ccccc2)Sc2ccccc2)cc(OC)c1. The van der Waals surface area contributed by atoms with E-state index in [1.807, 2.05) is 41.4 Å². The second-order valence-corrected chi connectivity index (χ2v) is 14.7. The van der Waals surface area contributed by atoms with Gasteiger partial charge in [0.2, 0.25) is 0 Å². The van der Waals surface area contributed by atoms with Crippen molar-refractivity contribution in [2.24, 2.45) is 11.8 Å². The quantitative estimate of drug-likeness (QED) is 0.129. The van der Waals surface area contributed by atoms with Gasteiger partial charge in [0.05, 0.1) is 14.2 Å². The molecule has 0 saturated heterocycles. The van der Waals surface area contributed by atoms with E-state index in [0.29, 0.717) is 18.6 Å². The van der Waals surface area contributed by atoms with Gasteiger partial charge in [-0.2, -0.15) is 0 Å². The largest absolute Gasteiger partial charge is 0.497 e. The maximum atomic E-state index is 13.0. The van der Waals surface area contributed by atoms with Crippen LogP contribution in [0.1, 0.15) is 24.8 Å². The van der Waals surface area contributed by atoms with Crippen molar-refractivity contribution in [3.63, 3.8) is 0 Å². The molecule has 0 spiro atoms. The highest BCUT2D eigenvalue weighted by Crippen LogP contribution is 2.63. The number of carbonyl (C=O) groups is 1. The first kappa shape index (κ1) is 28.7. The highest BCUT2D eigenvalue weighted by Gasteiger charge is 2.48. The van der Waals surface area contributed by atoms with E-state index in [1.54, 1.807) is 14.2 Å². The molecule has 1 aliphatic carbocycles. The number of benzene rings is 4. The zero-order valence-corrected chi connectivity index (χ0v) is 25.3. The molecule has 206 valence electrons. The number of methoxy groups -OCH3 is 2. The van der Waals surface area contributed by atoms with E-state index < -0.39 is 0 Å². The Hall–Kier alpha value is -2.80. The fourth-order valence-corrected chi connectivity index (χ4v) is 10.8. The van der Waals surface area contributed by atoms with Crippen LogP contribution in [0.2, 0.25) is 0 Å².